The maximum atomic E-state index is 6.25. The zero-order chi connectivity index (χ0) is 23.3. The molecule has 33 heavy (non-hydrogen) atoms. The normalized spacial score (nSPS) is 29.3. The van der Waals surface area contributed by atoms with Gasteiger partial charge in [0.25, 0.3) is 0 Å². The molecule has 1 saturated heterocycles. The Balaban J connectivity index is 1.75. The second-order valence-electron chi connectivity index (χ2n) is 11.1. The Kier molecular flexibility index (Phi) is 11.9. The molecule has 3 fully saturated rings. The van der Waals surface area contributed by atoms with E-state index in [1.807, 2.05) is 13.8 Å². The third-order valence-electron chi connectivity index (χ3n) is 7.36. The topological polar surface area (TPSA) is 55.4 Å². The van der Waals surface area contributed by atoms with Crippen LogP contribution in [0.4, 0.5) is 0 Å². The van der Waals surface area contributed by atoms with Crippen LogP contribution in [0.5, 0.6) is 0 Å². The number of hydrogen-bond acceptors (Lipinski definition) is 6. The second-order valence-corrected chi connectivity index (χ2v) is 11.1. The van der Waals surface area contributed by atoms with E-state index in [2.05, 4.69) is 0 Å². The lowest BCUT2D eigenvalue weighted by Gasteiger charge is -2.35. The first-order valence-corrected chi connectivity index (χ1v) is 14.1. The summed E-state index contributed by atoms with van der Waals surface area (Å²) in [6.45, 7) is 3.65. The molecule has 2 saturated carbocycles. The lowest BCUT2D eigenvalue weighted by atomic mass is 9.97. The fraction of sp³-hybridized carbons (Fsp3) is 1.00. The van der Waals surface area contributed by atoms with Crippen molar-refractivity contribution in [1.29, 1.82) is 0 Å². The Morgan fingerprint density at radius 1 is 0.303 bits per heavy atom. The van der Waals surface area contributed by atoms with Crippen LogP contribution in [0.2, 0.25) is 0 Å². The molecule has 0 radical (unpaired) electrons. The molecule has 0 amide bonds. The van der Waals surface area contributed by atoms with Crippen molar-refractivity contribution in [3.63, 3.8) is 0 Å². The van der Waals surface area contributed by atoms with Gasteiger partial charge >= 0.3 is 0 Å². The largest absolute Gasteiger partial charge is 0.234 e. The standard InChI is InChI=1S/C27H50O6/c1-25(2)28-30-26(21-17-13-9-5-3-6-10-14-18-22-26)32-33-27(31-29-25)23-19-15-11-7-4-8-12-16-20-24-27/h3-24H2,1-2H3. The maximum absolute atomic E-state index is 6.25. The van der Waals surface area contributed by atoms with Crippen molar-refractivity contribution in [1.82, 2.24) is 0 Å². The van der Waals surface area contributed by atoms with Gasteiger partial charge in [-0.05, 0) is 39.5 Å². The fourth-order valence-electron chi connectivity index (χ4n) is 5.18. The van der Waals surface area contributed by atoms with Gasteiger partial charge in [0.2, 0.25) is 17.4 Å². The van der Waals surface area contributed by atoms with Gasteiger partial charge in [-0.15, -0.1) is 0 Å². The average molecular weight is 471 g/mol. The minimum absolute atomic E-state index is 0.749. The van der Waals surface area contributed by atoms with Crippen LogP contribution in [0.25, 0.3) is 0 Å². The monoisotopic (exact) mass is 470 g/mol. The molecule has 6 heteroatoms. The third kappa shape index (κ3) is 10.1. The molecule has 2 spiro atoms. The van der Waals surface area contributed by atoms with Crippen LogP contribution in [-0.2, 0) is 29.3 Å². The van der Waals surface area contributed by atoms with E-state index in [1.54, 1.807) is 0 Å². The Morgan fingerprint density at radius 3 is 0.788 bits per heavy atom. The van der Waals surface area contributed by atoms with Crippen molar-refractivity contribution in [3.05, 3.63) is 0 Å². The van der Waals surface area contributed by atoms with Crippen LogP contribution in [0, 0.1) is 0 Å². The summed E-state index contributed by atoms with van der Waals surface area (Å²) in [7, 11) is 0. The Morgan fingerprint density at radius 2 is 0.515 bits per heavy atom. The first-order valence-electron chi connectivity index (χ1n) is 14.1. The molecule has 3 rings (SSSR count). The summed E-state index contributed by atoms with van der Waals surface area (Å²) in [5.74, 6) is -2.90. The van der Waals surface area contributed by atoms with Crippen LogP contribution >= 0.6 is 0 Å². The molecular formula is C27H50O6. The van der Waals surface area contributed by atoms with Gasteiger partial charge in [-0.2, -0.15) is 29.3 Å². The van der Waals surface area contributed by atoms with Crippen molar-refractivity contribution < 1.29 is 29.3 Å². The van der Waals surface area contributed by atoms with E-state index in [0.29, 0.717) is 0 Å². The van der Waals surface area contributed by atoms with Crippen LogP contribution in [0.1, 0.15) is 155 Å². The number of rotatable bonds is 0. The molecule has 0 aromatic heterocycles. The van der Waals surface area contributed by atoms with E-state index in [4.69, 9.17) is 29.3 Å². The molecule has 1 heterocycles. The first-order chi connectivity index (χ1) is 16.0. The molecule has 194 valence electrons. The highest BCUT2D eigenvalue weighted by molar-refractivity contribution is 4.73. The second kappa shape index (κ2) is 14.4. The molecule has 1 aliphatic heterocycles. The van der Waals surface area contributed by atoms with Gasteiger partial charge in [-0.25, -0.2) is 0 Å². The average Bonchev–Trinajstić information content (AvgIpc) is 2.83. The Bertz CT molecular complexity index is 455. The van der Waals surface area contributed by atoms with Crippen molar-refractivity contribution in [2.45, 2.75) is 172 Å². The lowest BCUT2D eigenvalue weighted by molar-refractivity contribution is -0.552. The highest BCUT2D eigenvalue weighted by Gasteiger charge is 2.46. The van der Waals surface area contributed by atoms with Gasteiger partial charge in [0.05, 0.1) is 0 Å². The summed E-state index contributed by atoms with van der Waals surface area (Å²) in [5.41, 5.74) is 0. The molecule has 0 N–H and O–H groups in total. The van der Waals surface area contributed by atoms with Crippen molar-refractivity contribution >= 4 is 0 Å². The third-order valence-corrected chi connectivity index (χ3v) is 7.36. The lowest BCUT2D eigenvalue weighted by Crippen LogP contribution is -2.42. The van der Waals surface area contributed by atoms with Gasteiger partial charge in [-0.3, -0.25) is 0 Å². The van der Waals surface area contributed by atoms with Crippen molar-refractivity contribution in [2.75, 3.05) is 0 Å². The van der Waals surface area contributed by atoms with Crippen LogP contribution < -0.4 is 0 Å². The quantitative estimate of drug-likeness (QED) is 0.330. The van der Waals surface area contributed by atoms with Crippen LogP contribution in [0.3, 0.4) is 0 Å². The predicted octanol–water partition coefficient (Wildman–Crippen LogP) is 8.58. The van der Waals surface area contributed by atoms with Crippen LogP contribution in [-0.4, -0.2) is 17.4 Å². The first kappa shape index (κ1) is 27.3. The van der Waals surface area contributed by atoms with E-state index < -0.39 is 17.4 Å². The summed E-state index contributed by atoms with van der Waals surface area (Å²) in [4.78, 5) is 36.1. The van der Waals surface area contributed by atoms with E-state index >= 15 is 0 Å². The Labute approximate surface area is 202 Å². The van der Waals surface area contributed by atoms with E-state index in [0.717, 1.165) is 51.4 Å². The zero-order valence-corrected chi connectivity index (χ0v) is 21.5. The Hall–Kier alpha value is -0.240. The molecule has 3 aliphatic rings. The molecule has 0 aromatic rings. The van der Waals surface area contributed by atoms with Gasteiger partial charge in [0.1, 0.15) is 0 Å². The SMILES string of the molecule is CC1(C)OOC2(CCCCCCCCCCC2)OOC2(CCCCCCCCCCC2)OO1. The summed E-state index contributed by atoms with van der Waals surface area (Å²) in [6, 6.07) is 0. The van der Waals surface area contributed by atoms with E-state index in [9.17, 15) is 0 Å². The zero-order valence-electron chi connectivity index (χ0n) is 21.5. The van der Waals surface area contributed by atoms with Gasteiger partial charge < -0.3 is 0 Å². The highest BCUT2D eigenvalue weighted by atomic mass is 17.4. The summed E-state index contributed by atoms with van der Waals surface area (Å²) in [5, 5.41) is 0. The summed E-state index contributed by atoms with van der Waals surface area (Å²) in [6.07, 6.45) is 24.9. The molecular weight excluding hydrogens is 420 g/mol. The predicted molar refractivity (Wildman–Crippen MR) is 128 cm³/mol. The summed E-state index contributed by atoms with van der Waals surface area (Å²) < 4.78 is 0. The smallest absolute Gasteiger partial charge is 0.195 e. The minimum Gasteiger partial charge on any atom is -0.195 e. The number of hydrogen-bond donors (Lipinski definition) is 0. The molecule has 0 atom stereocenters. The van der Waals surface area contributed by atoms with Crippen molar-refractivity contribution in [3.8, 4) is 0 Å². The highest BCUT2D eigenvalue weighted by Crippen LogP contribution is 2.39. The molecule has 2 aliphatic carbocycles. The van der Waals surface area contributed by atoms with Crippen LogP contribution in [0.15, 0.2) is 0 Å². The minimum atomic E-state index is -1.05. The summed E-state index contributed by atoms with van der Waals surface area (Å²) >= 11 is 0. The van der Waals surface area contributed by atoms with Gasteiger partial charge in [0, 0.05) is 25.7 Å². The van der Waals surface area contributed by atoms with E-state index in [-0.39, 0.29) is 0 Å². The fourth-order valence-corrected chi connectivity index (χ4v) is 5.18. The van der Waals surface area contributed by atoms with Gasteiger partial charge in [0.15, 0.2) is 0 Å². The molecule has 0 unspecified atom stereocenters. The molecule has 6 nitrogen and oxygen atoms in total. The van der Waals surface area contributed by atoms with Gasteiger partial charge in [-0.1, -0.05) is 89.9 Å². The molecule has 0 bridgehead atoms. The molecule has 0 aromatic carbocycles. The van der Waals surface area contributed by atoms with Crippen molar-refractivity contribution in [2.24, 2.45) is 0 Å². The van der Waals surface area contributed by atoms with E-state index in [1.165, 1.54) is 89.9 Å². The maximum Gasteiger partial charge on any atom is 0.234 e.